The number of carbonyl (C=O) groups is 2. The Balaban J connectivity index is 3.84. The molecule has 0 fully saturated rings. The van der Waals surface area contributed by atoms with E-state index in [9.17, 15) is 22.8 Å². The van der Waals surface area contributed by atoms with Crippen molar-refractivity contribution in [3.63, 3.8) is 0 Å². The molecule has 0 spiro atoms. The third-order valence-corrected chi connectivity index (χ3v) is 2.21. The van der Waals surface area contributed by atoms with E-state index in [-0.39, 0.29) is 19.4 Å². The van der Waals surface area contributed by atoms with Crippen LogP contribution in [0.15, 0.2) is 0 Å². The number of unbranched alkanes of at least 4 members (excludes halogenated alkanes) is 1. The van der Waals surface area contributed by atoms with E-state index in [1.54, 1.807) is 0 Å². The first-order chi connectivity index (χ1) is 8.63. The first-order valence-electron chi connectivity index (χ1n) is 5.65. The Morgan fingerprint density at radius 1 is 1.26 bits per heavy atom. The van der Waals surface area contributed by atoms with E-state index in [2.05, 4.69) is 5.32 Å². The number of urea groups is 1. The van der Waals surface area contributed by atoms with E-state index in [4.69, 9.17) is 10.2 Å². The molecule has 0 saturated carbocycles. The van der Waals surface area contributed by atoms with Gasteiger partial charge in [-0.05, 0) is 19.8 Å². The van der Waals surface area contributed by atoms with Crippen molar-refractivity contribution >= 4 is 12.0 Å². The molecule has 0 aromatic rings. The van der Waals surface area contributed by atoms with E-state index in [1.165, 1.54) is 6.92 Å². The SMILES string of the molecule is C[C@@H](O)[C@H](NC(=O)NCCCCC(F)(F)F)C(=O)O. The summed E-state index contributed by atoms with van der Waals surface area (Å²) in [5.74, 6) is -1.40. The third-order valence-electron chi connectivity index (χ3n) is 2.21. The number of aliphatic carboxylic acids is 1. The van der Waals surface area contributed by atoms with Crippen molar-refractivity contribution < 1.29 is 33.0 Å². The molecule has 0 radical (unpaired) electrons. The van der Waals surface area contributed by atoms with Crippen molar-refractivity contribution in [1.82, 2.24) is 10.6 Å². The van der Waals surface area contributed by atoms with Gasteiger partial charge in [0.2, 0.25) is 0 Å². The Morgan fingerprint density at radius 2 is 1.84 bits per heavy atom. The number of carbonyl (C=O) groups excluding carboxylic acids is 1. The van der Waals surface area contributed by atoms with Gasteiger partial charge in [-0.1, -0.05) is 0 Å². The minimum absolute atomic E-state index is 0.00589. The van der Waals surface area contributed by atoms with E-state index in [0.717, 1.165) is 0 Å². The number of rotatable bonds is 7. The molecule has 112 valence electrons. The number of aliphatic hydroxyl groups is 1. The van der Waals surface area contributed by atoms with Gasteiger partial charge in [0.05, 0.1) is 6.10 Å². The lowest BCUT2D eigenvalue weighted by molar-refractivity contribution is -0.141. The zero-order chi connectivity index (χ0) is 15.1. The standard InChI is InChI=1S/C10H17F3N2O4/c1-6(16)7(8(17)18)15-9(19)14-5-3-2-4-10(11,12)13/h6-7,16H,2-5H2,1H3,(H,17,18)(H2,14,15,19)/t6-,7+/m1/s1. The summed E-state index contributed by atoms with van der Waals surface area (Å²) < 4.78 is 35.4. The fourth-order valence-electron chi connectivity index (χ4n) is 1.23. The molecule has 0 bridgehead atoms. The number of halogens is 3. The molecule has 0 rings (SSSR count). The average Bonchev–Trinajstić information content (AvgIpc) is 2.22. The molecule has 2 amide bonds. The summed E-state index contributed by atoms with van der Waals surface area (Å²) >= 11 is 0. The maximum Gasteiger partial charge on any atom is 0.389 e. The molecule has 9 heteroatoms. The summed E-state index contributed by atoms with van der Waals surface area (Å²) in [6.07, 6.45) is -6.43. The summed E-state index contributed by atoms with van der Waals surface area (Å²) in [7, 11) is 0. The fraction of sp³-hybridized carbons (Fsp3) is 0.800. The van der Waals surface area contributed by atoms with Crippen LogP contribution >= 0.6 is 0 Å². The Morgan fingerprint density at radius 3 is 2.26 bits per heavy atom. The number of hydrogen-bond acceptors (Lipinski definition) is 3. The van der Waals surface area contributed by atoms with Gasteiger partial charge in [-0.25, -0.2) is 9.59 Å². The second-order valence-electron chi connectivity index (χ2n) is 4.03. The van der Waals surface area contributed by atoms with Gasteiger partial charge in [0.25, 0.3) is 0 Å². The topological polar surface area (TPSA) is 98.7 Å². The minimum Gasteiger partial charge on any atom is -0.480 e. The van der Waals surface area contributed by atoms with Crippen LogP contribution in [0, 0.1) is 0 Å². The van der Waals surface area contributed by atoms with Gasteiger partial charge in [0.15, 0.2) is 6.04 Å². The molecule has 0 saturated heterocycles. The number of amides is 2. The van der Waals surface area contributed by atoms with Gasteiger partial charge in [0.1, 0.15) is 0 Å². The molecule has 0 heterocycles. The first-order valence-corrected chi connectivity index (χ1v) is 5.65. The van der Waals surface area contributed by atoms with Crippen LogP contribution in [0.1, 0.15) is 26.2 Å². The van der Waals surface area contributed by atoms with Crippen molar-refractivity contribution in [2.24, 2.45) is 0 Å². The van der Waals surface area contributed by atoms with Crippen LogP contribution in [0.3, 0.4) is 0 Å². The summed E-state index contributed by atoms with van der Waals surface area (Å²) in [6, 6.07) is -2.31. The minimum atomic E-state index is -4.22. The highest BCUT2D eigenvalue weighted by molar-refractivity contribution is 5.82. The monoisotopic (exact) mass is 286 g/mol. The molecule has 0 aliphatic carbocycles. The van der Waals surface area contributed by atoms with Crippen molar-refractivity contribution in [2.45, 2.75) is 44.5 Å². The largest absolute Gasteiger partial charge is 0.480 e. The van der Waals surface area contributed by atoms with E-state index < -0.39 is 36.7 Å². The number of carboxylic acids is 1. The van der Waals surface area contributed by atoms with Crippen LogP contribution in [-0.4, -0.2) is 47.1 Å². The van der Waals surface area contributed by atoms with E-state index in [0.29, 0.717) is 0 Å². The smallest absolute Gasteiger partial charge is 0.389 e. The highest BCUT2D eigenvalue weighted by atomic mass is 19.4. The number of nitrogens with one attached hydrogen (secondary N) is 2. The van der Waals surface area contributed by atoms with Gasteiger partial charge in [-0.2, -0.15) is 13.2 Å². The summed E-state index contributed by atoms with van der Waals surface area (Å²) in [5, 5.41) is 22.0. The Hall–Kier alpha value is -1.51. The summed E-state index contributed by atoms with van der Waals surface area (Å²) in [5.41, 5.74) is 0. The van der Waals surface area contributed by atoms with Crippen LogP contribution in [0.25, 0.3) is 0 Å². The van der Waals surface area contributed by atoms with Crippen LogP contribution in [0.5, 0.6) is 0 Å². The molecular formula is C10H17F3N2O4. The van der Waals surface area contributed by atoms with Crippen LogP contribution in [0.4, 0.5) is 18.0 Å². The maximum atomic E-state index is 11.8. The molecule has 2 atom stereocenters. The van der Waals surface area contributed by atoms with Crippen LogP contribution in [-0.2, 0) is 4.79 Å². The highest BCUT2D eigenvalue weighted by Crippen LogP contribution is 2.21. The molecule has 6 nitrogen and oxygen atoms in total. The summed E-state index contributed by atoms with van der Waals surface area (Å²) in [4.78, 5) is 21.8. The number of hydrogen-bond donors (Lipinski definition) is 4. The molecule has 19 heavy (non-hydrogen) atoms. The quantitative estimate of drug-likeness (QED) is 0.521. The molecule has 4 N–H and O–H groups in total. The van der Waals surface area contributed by atoms with Gasteiger partial charge in [-0.3, -0.25) is 0 Å². The molecule has 0 unspecified atom stereocenters. The van der Waals surface area contributed by atoms with Gasteiger partial charge in [-0.15, -0.1) is 0 Å². The van der Waals surface area contributed by atoms with Crippen molar-refractivity contribution in [3.05, 3.63) is 0 Å². The Kier molecular flexibility index (Phi) is 7.20. The van der Waals surface area contributed by atoms with Crippen molar-refractivity contribution in [1.29, 1.82) is 0 Å². The molecule has 0 aromatic heterocycles. The van der Waals surface area contributed by atoms with Crippen molar-refractivity contribution in [3.8, 4) is 0 Å². The Bertz CT molecular complexity index is 308. The lowest BCUT2D eigenvalue weighted by Gasteiger charge is -2.17. The maximum absolute atomic E-state index is 11.8. The second-order valence-corrected chi connectivity index (χ2v) is 4.03. The first kappa shape index (κ1) is 17.5. The van der Waals surface area contributed by atoms with Gasteiger partial charge >= 0.3 is 18.2 Å². The lowest BCUT2D eigenvalue weighted by Crippen LogP contribution is -2.51. The third kappa shape index (κ3) is 9.11. The van der Waals surface area contributed by atoms with Crippen LogP contribution in [0.2, 0.25) is 0 Å². The second kappa shape index (κ2) is 7.82. The highest BCUT2D eigenvalue weighted by Gasteiger charge is 2.26. The lowest BCUT2D eigenvalue weighted by atomic mass is 10.2. The average molecular weight is 286 g/mol. The molecular weight excluding hydrogens is 269 g/mol. The molecule has 0 aliphatic rings. The van der Waals surface area contributed by atoms with E-state index in [1.807, 2.05) is 5.32 Å². The number of alkyl halides is 3. The van der Waals surface area contributed by atoms with E-state index >= 15 is 0 Å². The van der Waals surface area contributed by atoms with Crippen molar-refractivity contribution in [2.75, 3.05) is 6.54 Å². The normalized spacial score (nSPS) is 14.6. The zero-order valence-corrected chi connectivity index (χ0v) is 10.3. The predicted molar refractivity (Wildman–Crippen MR) is 59.5 cm³/mol. The zero-order valence-electron chi connectivity index (χ0n) is 10.3. The molecule has 0 aromatic carbocycles. The van der Waals surface area contributed by atoms with Crippen LogP contribution < -0.4 is 10.6 Å². The molecule has 0 aliphatic heterocycles. The predicted octanol–water partition coefficient (Wildman–Crippen LogP) is 0.852. The number of carboxylic acid groups (broad SMARTS) is 1. The van der Waals surface area contributed by atoms with Gasteiger partial charge in [0, 0.05) is 13.0 Å². The van der Waals surface area contributed by atoms with Gasteiger partial charge < -0.3 is 20.8 Å². The fourth-order valence-corrected chi connectivity index (χ4v) is 1.23. The Labute approximate surface area is 108 Å². The number of aliphatic hydroxyl groups excluding tert-OH is 1. The summed E-state index contributed by atoms with van der Waals surface area (Å²) in [6.45, 7) is 1.19.